The van der Waals surface area contributed by atoms with E-state index in [1.807, 2.05) is 19.9 Å². The van der Waals surface area contributed by atoms with E-state index in [-0.39, 0.29) is 6.10 Å². The molecule has 3 nitrogen and oxygen atoms in total. The van der Waals surface area contributed by atoms with Crippen LogP contribution in [0, 0.1) is 13.8 Å². The number of ether oxygens (including phenoxy) is 1. The molecule has 4 heteroatoms. The van der Waals surface area contributed by atoms with E-state index in [0.29, 0.717) is 13.1 Å². The van der Waals surface area contributed by atoms with Crippen molar-refractivity contribution in [2.45, 2.75) is 33.4 Å². The van der Waals surface area contributed by atoms with Gasteiger partial charge in [-0.15, -0.1) is 0 Å². The Balaban J connectivity index is 2.92. The maximum absolute atomic E-state index is 9.21. The molecular formula is C13H20ClNO2. The summed E-state index contributed by atoms with van der Waals surface area (Å²) in [7, 11) is 1.65. The number of rotatable bonds is 5. The average molecular weight is 258 g/mol. The third-order valence-corrected chi connectivity index (χ3v) is 3.32. The number of halogens is 1. The minimum Gasteiger partial charge on any atom is -0.496 e. The van der Waals surface area contributed by atoms with E-state index in [9.17, 15) is 5.11 Å². The van der Waals surface area contributed by atoms with Crippen LogP contribution < -0.4 is 10.1 Å². The van der Waals surface area contributed by atoms with E-state index in [4.69, 9.17) is 16.3 Å². The summed E-state index contributed by atoms with van der Waals surface area (Å²) in [6, 6.07) is 1.94. The van der Waals surface area contributed by atoms with Gasteiger partial charge in [-0.1, -0.05) is 11.6 Å². The number of aryl methyl sites for hydroxylation is 1. The zero-order chi connectivity index (χ0) is 13.0. The van der Waals surface area contributed by atoms with Gasteiger partial charge in [0.2, 0.25) is 0 Å². The summed E-state index contributed by atoms with van der Waals surface area (Å²) in [6.45, 7) is 6.88. The molecule has 0 bridgehead atoms. The Kier molecular flexibility index (Phi) is 5.25. The second kappa shape index (κ2) is 6.24. The molecule has 0 aliphatic rings. The van der Waals surface area contributed by atoms with Gasteiger partial charge in [0.25, 0.3) is 0 Å². The molecule has 0 radical (unpaired) electrons. The highest BCUT2D eigenvalue weighted by Crippen LogP contribution is 2.31. The molecule has 1 atom stereocenters. The Morgan fingerprint density at radius 2 is 2.12 bits per heavy atom. The van der Waals surface area contributed by atoms with Gasteiger partial charge >= 0.3 is 0 Å². The van der Waals surface area contributed by atoms with Gasteiger partial charge < -0.3 is 15.2 Å². The van der Waals surface area contributed by atoms with Gasteiger partial charge in [0, 0.05) is 23.7 Å². The Labute approximate surface area is 108 Å². The van der Waals surface area contributed by atoms with Crippen molar-refractivity contribution in [3.05, 3.63) is 27.8 Å². The van der Waals surface area contributed by atoms with Crippen LogP contribution >= 0.6 is 11.6 Å². The van der Waals surface area contributed by atoms with Crippen LogP contribution in [0.1, 0.15) is 23.6 Å². The summed E-state index contributed by atoms with van der Waals surface area (Å²) in [4.78, 5) is 0. The molecule has 0 fully saturated rings. The van der Waals surface area contributed by atoms with Gasteiger partial charge in [0.1, 0.15) is 5.75 Å². The third kappa shape index (κ3) is 3.60. The van der Waals surface area contributed by atoms with Crippen molar-refractivity contribution >= 4 is 11.6 Å². The van der Waals surface area contributed by atoms with Crippen molar-refractivity contribution < 1.29 is 9.84 Å². The van der Waals surface area contributed by atoms with E-state index in [2.05, 4.69) is 5.32 Å². The van der Waals surface area contributed by atoms with E-state index in [0.717, 1.165) is 27.5 Å². The second-order valence-corrected chi connectivity index (χ2v) is 4.67. The maximum atomic E-state index is 9.21. The molecule has 1 aromatic rings. The standard InChI is InChI=1S/C13H20ClNO2/c1-8-5-12(17-4)11(10(3)13(8)14)7-15-6-9(2)16/h5,9,15-16H,6-7H2,1-4H3. The minimum atomic E-state index is -0.359. The summed E-state index contributed by atoms with van der Waals surface area (Å²) < 4.78 is 5.36. The first-order chi connectivity index (χ1) is 7.97. The average Bonchev–Trinajstić information content (AvgIpc) is 2.28. The van der Waals surface area contributed by atoms with Crippen LogP contribution in [0.25, 0.3) is 0 Å². The molecule has 0 aromatic heterocycles. The number of nitrogens with one attached hydrogen (secondary N) is 1. The number of hydrogen-bond donors (Lipinski definition) is 2. The van der Waals surface area contributed by atoms with Gasteiger partial charge in [-0.2, -0.15) is 0 Å². The first-order valence-corrected chi connectivity index (χ1v) is 6.06. The van der Waals surface area contributed by atoms with Crippen LogP contribution in [-0.2, 0) is 6.54 Å². The smallest absolute Gasteiger partial charge is 0.123 e. The normalized spacial score (nSPS) is 12.6. The molecule has 0 saturated carbocycles. The summed E-state index contributed by atoms with van der Waals surface area (Å²) in [5, 5.41) is 13.2. The lowest BCUT2D eigenvalue weighted by Gasteiger charge is -2.16. The second-order valence-electron chi connectivity index (χ2n) is 4.29. The fourth-order valence-corrected chi connectivity index (χ4v) is 1.94. The van der Waals surface area contributed by atoms with Gasteiger partial charge in [-0.25, -0.2) is 0 Å². The van der Waals surface area contributed by atoms with Crippen LogP contribution in [0.5, 0.6) is 5.75 Å². The molecule has 1 aromatic carbocycles. The molecule has 0 amide bonds. The topological polar surface area (TPSA) is 41.5 Å². The number of aliphatic hydroxyl groups excluding tert-OH is 1. The largest absolute Gasteiger partial charge is 0.496 e. The van der Waals surface area contributed by atoms with Crippen molar-refractivity contribution in [1.29, 1.82) is 0 Å². The number of aliphatic hydroxyl groups is 1. The molecule has 0 aliphatic heterocycles. The van der Waals surface area contributed by atoms with Crippen LogP contribution in [-0.4, -0.2) is 24.9 Å². The summed E-state index contributed by atoms with van der Waals surface area (Å²) in [5.41, 5.74) is 3.09. The summed E-state index contributed by atoms with van der Waals surface area (Å²) >= 11 is 6.22. The van der Waals surface area contributed by atoms with Crippen molar-refractivity contribution in [3.8, 4) is 5.75 Å². The maximum Gasteiger partial charge on any atom is 0.123 e. The zero-order valence-electron chi connectivity index (χ0n) is 10.8. The zero-order valence-corrected chi connectivity index (χ0v) is 11.6. The third-order valence-electron chi connectivity index (χ3n) is 2.73. The van der Waals surface area contributed by atoms with Crippen molar-refractivity contribution in [1.82, 2.24) is 5.32 Å². The molecule has 1 unspecified atom stereocenters. The molecule has 0 aliphatic carbocycles. The van der Waals surface area contributed by atoms with E-state index in [1.54, 1.807) is 14.0 Å². The molecule has 96 valence electrons. The molecule has 0 saturated heterocycles. The van der Waals surface area contributed by atoms with Crippen LogP contribution in [0.15, 0.2) is 6.07 Å². The highest BCUT2D eigenvalue weighted by atomic mass is 35.5. The predicted molar refractivity (Wildman–Crippen MR) is 70.9 cm³/mol. The molecular weight excluding hydrogens is 238 g/mol. The lowest BCUT2D eigenvalue weighted by Crippen LogP contribution is -2.24. The predicted octanol–water partition coefficient (Wildman–Crippen LogP) is 2.44. The number of benzene rings is 1. The van der Waals surface area contributed by atoms with Crippen LogP contribution in [0.4, 0.5) is 0 Å². The van der Waals surface area contributed by atoms with Gasteiger partial charge in [-0.05, 0) is 38.0 Å². The van der Waals surface area contributed by atoms with Crippen molar-refractivity contribution in [3.63, 3.8) is 0 Å². The monoisotopic (exact) mass is 257 g/mol. The Bertz CT molecular complexity index is 391. The molecule has 1 rings (SSSR count). The Morgan fingerprint density at radius 1 is 1.47 bits per heavy atom. The first-order valence-electron chi connectivity index (χ1n) is 5.68. The minimum absolute atomic E-state index is 0.359. The number of hydrogen-bond acceptors (Lipinski definition) is 3. The van der Waals surface area contributed by atoms with Gasteiger partial charge in [0.05, 0.1) is 13.2 Å². The highest BCUT2D eigenvalue weighted by molar-refractivity contribution is 6.32. The molecule has 2 N–H and O–H groups in total. The Morgan fingerprint density at radius 3 is 2.65 bits per heavy atom. The fourth-order valence-electron chi connectivity index (χ4n) is 1.77. The summed E-state index contributed by atoms with van der Waals surface area (Å²) in [5.74, 6) is 0.836. The van der Waals surface area contributed by atoms with E-state index < -0.39 is 0 Å². The molecule has 17 heavy (non-hydrogen) atoms. The summed E-state index contributed by atoms with van der Waals surface area (Å²) in [6.07, 6.45) is -0.359. The highest BCUT2D eigenvalue weighted by Gasteiger charge is 2.12. The molecule has 0 heterocycles. The lowest BCUT2D eigenvalue weighted by atomic mass is 10.0. The van der Waals surface area contributed by atoms with Gasteiger partial charge in [0.15, 0.2) is 0 Å². The SMILES string of the molecule is COc1cc(C)c(Cl)c(C)c1CNCC(C)O. The molecule has 0 spiro atoms. The van der Waals surface area contributed by atoms with E-state index in [1.165, 1.54) is 0 Å². The fraction of sp³-hybridized carbons (Fsp3) is 0.538. The van der Waals surface area contributed by atoms with Crippen LogP contribution in [0.3, 0.4) is 0 Å². The quantitative estimate of drug-likeness (QED) is 0.851. The van der Waals surface area contributed by atoms with Crippen molar-refractivity contribution in [2.75, 3.05) is 13.7 Å². The van der Waals surface area contributed by atoms with Crippen LogP contribution in [0.2, 0.25) is 5.02 Å². The van der Waals surface area contributed by atoms with Crippen molar-refractivity contribution in [2.24, 2.45) is 0 Å². The van der Waals surface area contributed by atoms with Gasteiger partial charge in [-0.3, -0.25) is 0 Å². The Hall–Kier alpha value is -0.770. The van der Waals surface area contributed by atoms with E-state index >= 15 is 0 Å². The number of methoxy groups -OCH3 is 1. The first kappa shape index (κ1) is 14.3. The lowest BCUT2D eigenvalue weighted by molar-refractivity contribution is 0.191.